The number of nitriles is 1. The van der Waals surface area contributed by atoms with Crippen molar-refractivity contribution in [3.05, 3.63) is 107 Å². The van der Waals surface area contributed by atoms with Crippen LogP contribution in [-0.4, -0.2) is 11.7 Å². The summed E-state index contributed by atoms with van der Waals surface area (Å²) in [6, 6.07) is 23.2. The van der Waals surface area contributed by atoms with E-state index in [9.17, 15) is 10.0 Å². The molecule has 1 heterocycles. The van der Waals surface area contributed by atoms with Crippen molar-refractivity contribution in [2.75, 3.05) is 0 Å². The fraction of sp³-hybridized carbons (Fsp3) is 0.240. The number of carbonyl (C=O) groups excluding carboxylic acids is 1. The number of rotatable bonds is 5. The van der Waals surface area contributed by atoms with Crippen molar-refractivity contribution in [2.45, 2.75) is 38.3 Å². The molecule has 0 saturated heterocycles. The molecule has 31 heavy (non-hydrogen) atoms. The molecule has 6 heteroatoms. The van der Waals surface area contributed by atoms with E-state index in [0.717, 1.165) is 15.9 Å². The van der Waals surface area contributed by atoms with Crippen LogP contribution in [0, 0.1) is 16.5 Å². The van der Waals surface area contributed by atoms with E-state index in [1.165, 1.54) is 6.20 Å². The van der Waals surface area contributed by atoms with Crippen molar-refractivity contribution in [1.82, 2.24) is 5.32 Å². The Morgan fingerprint density at radius 3 is 2.23 bits per heavy atom. The molecule has 2 atom stereocenters. The highest BCUT2D eigenvalue weighted by atomic mass is 16.6. The number of hydrogen-bond donors (Lipinski definition) is 1. The number of aromatic nitrogens is 1. The number of nitrogens with one attached hydrogen (secondary N) is 1. The molecule has 0 bridgehead atoms. The quantitative estimate of drug-likeness (QED) is 0.488. The van der Waals surface area contributed by atoms with E-state index < -0.39 is 23.7 Å². The minimum Gasteiger partial charge on any atom is -0.618 e. The molecule has 1 N–H and O–H groups in total. The Balaban J connectivity index is 2.13. The summed E-state index contributed by atoms with van der Waals surface area (Å²) >= 11 is 0. The van der Waals surface area contributed by atoms with Gasteiger partial charge in [-0.05, 0) is 50.1 Å². The topological polar surface area (TPSA) is 89.1 Å². The summed E-state index contributed by atoms with van der Waals surface area (Å²) in [4.78, 5) is 12.7. The van der Waals surface area contributed by atoms with E-state index in [2.05, 4.69) is 11.4 Å². The zero-order chi connectivity index (χ0) is 22.4. The summed E-state index contributed by atoms with van der Waals surface area (Å²) < 4.78 is 6.30. The first-order valence-corrected chi connectivity index (χ1v) is 10.0. The van der Waals surface area contributed by atoms with E-state index >= 15 is 0 Å². The molecule has 3 aromatic rings. The predicted molar refractivity (Wildman–Crippen MR) is 117 cm³/mol. The summed E-state index contributed by atoms with van der Waals surface area (Å²) in [6.07, 6.45) is 0.856. The van der Waals surface area contributed by atoms with Crippen molar-refractivity contribution in [3.8, 4) is 6.07 Å². The van der Waals surface area contributed by atoms with Gasteiger partial charge in [-0.1, -0.05) is 42.5 Å². The molecule has 1 aromatic heterocycles. The summed E-state index contributed by atoms with van der Waals surface area (Å²) in [5.41, 5.74) is 1.94. The lowest BCUT2D eigenvalue weighted by molar-refractivity contribution is -0.615. The normalized spacial score (nSPS) is 13.0. The van der Waals surface area contributed by atoms with Gasteiger partial charge in [0.2, 0.25) is 5.69 Å². The maximum absolute atomic E-state index is 12.7. The summed E-state index contributed by atoms with van der Waals surface area (Å²) in [6.45, 7) is 5.39. The van der Waals surface area contributed by atoms with E-state index in [0.29, 0.717) is 11.3 Å². The second kappa shape index (κ2) is 9.31. The van der Waals surface area contributed by atoms with Gasteiger partial charge in [-0.15, -0.1) is 0 Å². The van der Waals surface area contributed by atoms with Gasteiger partial charge in [0.05, 0.1) is 23.6 Å². The summed E-state index contributed by atoms with van der Waals surface area (Å²) in [5.74, 6) is -0.513. The predicted octanol–water partition coefficient (Wildman–Crippen LogP) is 4.59. The molecule has 0 spiro atoms. The van der Waals surface area contributed by atoms with E-state index in [-0.39, 0.29) is 0 Å². The van der Waals surface area contributed by atoms with Crippen LogP contribution in [0.25, 0.3) is 0 Å². The molecule has 0 aliphatic rings. The number of carbonyl (C=O) groups is 1. The van der Waals surface area contributed by atoms with Crippen molar-refractivity contribution in [3.63, 3.8) is 0 Å². The lowest BCUT2D eigenvalue weighted by Gasteiger charge is -2.29. The maximum atomic E-state index is 12.7. The molecule has 3 rings (SSSR count). The Labute approximate surface area is 182 Å². The Bertz CT molecular complexity index is 1070. The lowest BCUT2D eigenvalue weighted by atomic mass is 9.84. The first-order chi connectivity index (χ1) is 14.8. The van der Waals surface area contributed by atoms with Gasteiger partial charge < -0.3 is 15.3 Å². The Morgan fingerprint density at radius 1 is 1.00 bits per heavy atom. The zero-order valence-electron chi connectivity index (χ0n) is 17.8. The number of nitrogens with zero attached hydrogens (tertiary/aromatic N) is 2. The molecular weight excluding hydrogens is 390 g/mol. The average Bonchev–Trinajstić information content (AvgIpc) is 2.74. The molecule has 6 nitrogen and oxygen atoms in total. The molecule has 0 unspecified atom stereocenters. The van der Waals surface area contributed by atoms with Gasteiger partial charge in [0.25, 0.3) is 0 Å². The van der Waals surface area contributed by atoms with Gasteiger partial charge in [-0.2, -0.15) is 9.99 Å². The highest BCUT2D eigenvalue weighted by Gasteiger charge is 2.34. The minimum atomic E-state index is -0.666. The van der Waals surface area contributed by atoms with Gasteiger partial charge >= 0.3 is 6.09 Å². The molecular formula is C25H25N3O3. The largest absolute Gasteiger partial charge is 0.618 e. The number of alkyl carbamates (subject to hydrolysis) is 1. The van der Waals surface area contributed by atoms with Crippen LogP contribution >= 0.6 is 0 Å². The number of amides is 1. The van der Waals surface area contributed by atoms with E-state index in [1.54, 1.807) is 51.1 Å². The van der Waals surface area contributed by atoms with Crippen molar-refractivity contribution >= 4 is 6.09 Å². The number of hydrogen-bond acceptors (Lipinski definition) is 4. The third kappa shape index (κ3) is 5.61. The molecule has 1 amide bonds. The van der Waals surface area contributed by atoms with Gasteiger partial charge in [-0.25, -0.2) is 4.79 Å². The third-order valence-electron chi connectivity index (χ3n) is 4.74. The van der Waals surface area contributed by atoms with Crippen LogP contribution in [0.4, 0.5) is 4.79 Å². The summed E-state index contributed by atoms with van der Waals surface area (Å²) in [7, 11) is 0. The summed E-state index contributed by atoms with van der Waals surface area (Å²) in [5, 5.41) is 24.9. The van der Waals surface area contributed by atoms with Crippen LogP contribution in [0.1, 0.15) is 55.1 Å². The molecule has 158 valence electrons. The number of benzene rings is 2. The van der Waals surface area contributed by atoms with E-state index in [4.69, 9.17) is 10.00 Å². The van der Waals surface area contributed by atoms with Crippen LogP contribution in [0.5, 0.6) is 0 Å². The molecule has 2 aromatic carbocycles. The van der Waals surface area contributed by atoms with Crippen LogP contribution < -0.4 is 10.0 Å². The zero-order valence-corrected chi connectivity index (χ0v) is 17.8. The van der Waals surface area contributed by atoms with Crippen LogP contribution in [0.15, 0.2) is 79.0 Å². The van der Waals surface area contributed by atoms with Crippen LogP contribution in [0.3, 0.4) is 0 Å². The minimum absolute atomic E-state index is 0.470. The standard InChI is InChI=1S/C25H25N3O3/c1-25(2,3)31-24(29)27-23(20-9-5-4-6-10-20)22(21-11-7-8-16-28(21)30)19-14-12-18(17-26)13-15-19/h4-16,22-23H,1-3H3,(H,27,29)/t22-,23-/m0/s1. The number of pyridine rings is 1. The van der Waals surface area contributed by atoms with Crippen LogP contribution in [0.2, 0.25) is 0 Å². The first-order valence-electron chi connectivity index (χ1n) is 10.0. The van der Waals surface area contributed by atoms with Crippen molar-refractivity contribution in [1.29, 1.82) is 5.26 Å². The fourth-order valence-electron chi connectivity index (χ4n) is 3.44. The number of ether oxygens (including phenoxy) is 1. The second-order valence-electron chi connectivity index (χ2n) is 8.20. The SMILES string of the molecule is CC(C)(C)OC(=O)N[C@@H](c1ccccc1)[C@@H](c1ccc(C#N)cc1)c1cccc[n+]1[O-]. The van der Waals surface area contributed by atoms with Crippen molar-refractivity contribution < 1.29 is 14.3 Å². The third-order valence-corrected chi connectivity index (χ3v) is 4.74. The highest BCUT2D eigenvalue weighted by Crippen LogP contribution is 2.36. The van der Waals surface area contributed by atoms with E-state index in [1.807, 2.05) is 42.5 Å². The Kier molecular flexibility index (Phi) is 6.56. The molecule has 0 aliphatic carbocycles. The molecule has 0 aliphatic heterocycles. The average molecular weight is 415 g/mol. The monoisotopic (exact) mass is 415 g/mol. The van der Waals surface area contributed by atoms with Gasteiger partial charge in [0.15, 0.2) is 6.20 Å². The van der Waals surface area contributed by atoms with Gasteiger partial charge in [-0.3, -0.25) is 0 Å². The van der Waals surface area contributed by atoms with Gasteiger partial charge in [0, 0.05) is 12.1 Å². The molecule has 0 saturated carbocycles. The highest BCUT2D eigenvalue weighted by molar-refractivity contribution is 5.69. The molecule has 0 fully saturated rings. The lowest BCUT2D eigenvalue weighted by Crippen LogP contribution is -2.41. The first kappa shape index (κ1) is 21.8. The Morgan fingerprint density at radius 2 is 1.65 bits per heavy atom. The fourth-order valence-corrected chi connectivity index (χ4v) is 3.44. The maximum Gasteiger partial charge on any atom is 0.408 e. The van der Waals surface area contributed by atoms with Crippen LogP contribution in [-0.2, 0) is 4.74 Å². The second-order valence-corrected chi connectivity index (χ2v) is 8.20. The molecule has 0 radical (unpaired) electrons. The smallest absolute Gasteiger partial charge is 0.408 e. The Hall–Kier alpha value is -3.85. The van der Waals surface area contributed by atoms with Crippen molar-refractivity contribution in [2.24, 2.45) is 0 Å². The van der Waals surface area contributed by atoms with Gasteiger partial charge in [0.1, 0.15) is 5.60 Å².